The first-order valence-electron chi connectivity index (χ1n) is 9.25. The Hall–Kier alpha value is -0.539. The molecule has 31 heavy (non-hydrogen) atoms. The number of carbonyl (C=O) groups is 1. The Morgan fingerprint density at radius 3 is 2.13 bits per heavy atom. The molecule has 7 nitrogen and oxygen atoms in total. The van der Waals surface area contributed by atoms with Gasteiger partial charge in [-0.25, -0.2) is 4.79 Å². The summed E-state index contributed by atoms with van der Waals surface area (Å²) >= 11 is 0. The Morgan fingerprint density at radius 1 is 1.13 bits per heavy atom. The molecule has 1 aliphatic rings. The van der Waals surface area contributed by atoms with E-state index >= 15 is 0 Å². The molecule has 0 bridgehead atoms. The Kier molecular flexibility index (Phi) is 9.74. The molecule has 1 saturated heterocycles. The van der Waals surface area contributed by atoms with Gasteiger partial charge in [-0.1, -0.05) is 15.8 Å². The molecule has 0 unspecified atom stereocenters. The number of hydrogen-bond donors (Lipinski definition) is 0. The number of amides is 1. The minimum Gasteiger partial charge on any atom is -0.449 e. The van der Waals surface area contributed by atoms with Crippen LogP contribution in [-0.2, 0) is 21.6 Å². The molecule has 14 heteroatoms. The molecule has 0 aliphatic carbocycles. The first-order chi connectivity index (χ1) is 13.5. The molecule has 1 aromatic rings. The SMILES string of the molecule is Cc1c(C[B-](F)(F)F)cc(N2CCN(C(=O)OC(C)(C)C)CC2)cc1OS(=O)(=O)F.[K+]. The van der Waals surface area contributed by atoms with Crippen molar-refractivity contribution in [2.45, 2.75) is 39.6 Å². The zero-order valence-corrected chi connectivity index (χ0v) is 22.1. The van der Waals surface area contributed by atoms with Crippen LogP contribution in [0.2, 0.25) is 0 Å². The largest absolute Gasteiger partial charge is 1.00 e. The smallest absolute Gasteiger partial charge is 0.449 e. The summed E-state index contributed by atoms with van der Waals surface area (Å²) in [5.41, 5.74) is -0.721. The van der Waals surface area contributed by atoms with Gasteiger partial charge in [0.05, 0.1) is 0 Å². The van der Waals surface area contributed by atoms with E-state index in [1.54, 1.807) is 25.7 Å². The molecular weight excluding hydrogens is 470 g/mol. The molecule has 1 aliphatic heterocycles. The van der Waals surface area contributed by atoms with Crippen molar-refractivity contribution in [1.82, 2.24) is 4.90 Å². The fourth-order valence-corrected chi connectivity index (χ4v) is 3.43. The maximum atomic E-state index is 13.0. The summed E-state index contributed by atoms with van der Waals surface area (Å²) in [4.78, 5) is 15.3. The van der Waals surface area contributed by atoms with Gasteiger partial charge in [-0.2, -0.15) is 8.42 Å². The third-order valence-corrected chi connectivity index (χ3v) is 4.77. The monoisotopic (exact) mass is 494 g/mol. The molecule has 2 rings (SSSR count). The van der Waals surface area contributed by atoms with Gasteiger partial charge >= 0.3 is 75.0 Å². The van der Waals surface area contributed by atoms with Crippen molar-refractivity contribution in [3.8, 4) is 5.75 Å². The van der Waals surface area contributed by atoms with Crippen LogP contribution in [0, 0.1) is 6.92 Å². The van der Waals surface area contributed by atoms with Gasteiger partial charge in [-0.3, -0.25) is 0 Å². The van der Waals surface area contributed by atoms with E-state index in [1.165, 1.54) is 24.0 Å². The van der Waals surface area contributed by atoms with Gasteiger partial charge in [0.2, 0.25) is 0 Å². The second-order valence-electron chi connectivity index (χ2n) is 8.07. The third-order valence-electron chi connectivity index (χ3n) is 4.39. The van der Waals surface area contributed by atoms with Gasteiger partial charge in [-0.15, -0.1) is 0 Å². The minimum absolute atomic E-state index is 0. The van der Waals surface area contributed by atoms with Crippen LogP contribution in [0.15, 0.2) is 12.1 Å². The molecule has 170 valence electrons. The van der Waals surface area contributed by atoms with E-state index in [1.807, 2.05) is 0 Å². The average molecular weight is 494 g/mol. The van der Waals surface area contributed by atoms with Gasteiger partial charge in [-0.05, 0) is 39.3 Å². The fourth-order valence-electron chi connectivity index (χ4n) is 3.04. The van der Waals surface area contributed by atoms with Crippen LogP contribution < -0.4 is 60.5 Å². The van der Waals surface area contributed by atoms with Crippen molar-refractivity contribution >= 4 is 29.3 Å². The number of piperazine rings is 1. The molecule has 0 aromatic heterocycles. The van der Waals surface area contributed by atoms with Gasteiger partial charge in [0.25, 0.3) is 0 Å². The number of hydrogen-bond acceptors (Lipinski definition) is 6. The van der Waals surface area contributed by atoms with Crippen molar-refractivity contribution in [3.63, 3.8) is 0 Å². The molecule has 1 aromatic carbocycles. The normalized spacial score (nSPS) is 15.4. The second kappa shape index (κ2) is 10.6. The van der Waals surface area contributed by atoms with E-state index in [9.17, 15) is 30.0 Å². The number of nitrogens with zero attached hydrogens (tertiary/aromatic N) is 2. The number of carbonyl (C=O) groups excluding carboxylic acids is 1. The molecule has 0 N–H and O–H groups in total. The first kappa shape index (κ1) is 28.5. The van der Waals surface area contributed by atoms with E-state index in [0.717, 1.165) is 0 Å². The summed E-state index contributed by atoms with van der Waals surface area (Å²) in [6.07, 6.45) is -1.76. The van der Waals surface area contributed by atoms with E-state index in [-0.39, 0.29) is 94.4 Å². The van der Waals surface area contributed by atoms with Crippen LogP contribution in [0.1, 0.15) is 31.9 Å². The Balaban J connectivity index is 0.00000480. The molecule has 0 atom stereocenters. The predicted octanol–water partition coefficient (Wildman–Crippen LogP) is 0.578. The Bertz CT molecular complexity index is 901. The number of halogens is 4. The van der Waals surface area contributed by atoms with Crippen LogP contribution in [0.5, 0.6) is 5.75 Å². The molecule has 1 fully saturated rings. The molecule has 1 amide bonds. The van der Waals surface area contributed by atoms with Gasteiger partial charge < -0.3 is 31.7 Å². The summed E-state index contributed by atoms with van der Waals surface area (Å²) in [7, 11) is -5.41. The summed E-state index contributed by atoms with van der Waals surface area (Å²) in [6, 6.07) is 2.47. The number of anilines is 1. The summed E-state index contributed by atoms with van der Waals surface area (Å²) < 4.78 is 83.4. The van der Waals surface area contributed by atoms with E-state index < -0.39 is 41.2 Å². The number of benzene rings is 1. The zero-order chi connectivity index (χ0) is 22.9. The first-order valence-corrected chi connectivity index (χ1v) is 10.6. The van der Waals surface area contributed by atoms with Crippen LogP contribution >= 0.6 is 0 Å². The maximum Gasteiger partial charge on any atom is 1.00 e. The van der Waals surface area contributed by atoms with E-state index in [0.29, 0.717) is 0 Å². The summed E-state index contributed by atoms with van der Waals surface area (Å²) in [5, 5.41) is 0. The average Bonchev–Trinajstić information content (AvgIpc) is 2.54. The van der Waals surface area contributed by atoms with Crippen molar-refractivity contribution in [1.29, 1.82) is 0 Å². The Labute approximate surface area is 222 Å². The minimum atomic E-state index is -5.41. The van der Waals surface area contributed by atoms with Gasteiger partial charge in [0, 0.05) is 37.9 Å². The quantitative estimate of drug-likeness (QED) is 0.339. The Morgan fingerprint density at radius 2 is 1.68 bits per heavy atom. The van der Waals surface area contributed by atoms with Crippen LogP contribution in [0.3, 0.4) is 0 Å². The predicted molar refractivity (Wildman–Crippen MR) is 105 cm³/mol. The molecular formula is C17H24BF4KN2O5S. The maximum absolute atomic E-state index is 13.0. The number of ether oxygens (including phenoxy) is 1. The van der Waals surface area contributed by atoms with Crippen LogP contribution in [-0.4, -0.2) is 58.2 Å². The van der Waals surface area contributed by atoms with Crippen molar-refractivity contribution < 1.29 is 90.3 Å². The topological polar surface area (TPSA) is 76.2 Å². The van der Waals surface area contributed by atoms with Crippen molar-refractivity contribution in [2.75, 3.05) is 31.1 Å². The van der Waals surface area contributed by atoms with E-state index in [2.05, 4.69) is 4.18 Å². The molecule has 0 radical (unpaired) electrons. The molecule has 0 spiro atoms. The van der Waals surface area contributed by atoms with Crippen LogP contribution in [0.4, 0.5) is 27.3 Å². The molecule has 0 saturated carbocycles. The standard InChI is InChI=1S/C17H24BF4N2O5S.K/c1-12-13(11-18(19,20)21)9-14(10-15(12)29-30(22,26)27)23-5-7-24(8-6-23)16(25)28-17(2,3)4;/h9-10H,5-8,11H2,1-4H3;/q-1;+1. The van der Waals surface area contributed by atoms with Crippen LogP contribution in [0.25, 0.3) is 0 Å². The van der Waals surface area contributed by atoms with Crippen molar-refractivity contribution in [3.05, 3.63) is 23.3 Å². The van der Waals surface area contributed by atoms with Crippen molar-refractivity contribution in [2.24, 2.45) is 0 Å². The second-order valence-corrected chi connectivity index (χ2v) is 9.03. The fraction of sp³-hybridized carbons (Fsp3) is 0.588. The third kappa shape index (κ3) is 9.46. The van der Waals surface area contributed by atoms with E-state index in [4.69, 9.17) is 4.74 Å². The molecule has 1 heterocycles. The van der Waals surface area contributed by atoms with Gasteiger partial charge in [0.15, 0.2) is 0 Å². The summed E-state index contributed by atoms with van der Waals surface area (Å²) in [6.45, 7) is 2.25. The summed E-state index contributed by atoms with van der Waals surface area (Å²) in [5.74, 6) is -0.500. The number of rotatable bonds is 5. The zero-order valence-electron chi connectivity index (χ0n) is 18.1. The van der Waals surface area contributed by atoms with Gasteiger partial charge in [0.1, 0.15) is 11.4 Å².